The zero-order valence-corrected chi connectivity index (χ0v) is 9.83. The second-order valence-corrected chi connectivity index (χ2v) is 4.27. The Balaban J connectivity index is 3.69. The molecule has 0 bridgehead atoms. The molecule has 0 saturated carbocycles. The van der Waals surface area contributed by atoms with Crippen LogP contribution < -0.4 is 0 Å². The summed E-state index contributed by atoms with van der Waals surface area (Å²) in [6, 6.07) is 0. The van der Waals surface area contributed by atoms with Crippen LogP contribution in [-0.2, 0) is 19.1 Å². The van der Waals surface area contributed by atoms with E-state index in [9.17, 15) is 34.8 Å². The number of carbonyl (C=O) groups is 3. The summed E-state index contributed by atoms with van der Waals surface area (Å²) >= 11 is 0. The lowest BCUT2D eigenvalue weighted by Crippen LogP contribution is -2.83. The van der Waals surface area contributed by atoms with E-state index in [2.05, 4.69) is 4.74 Å². The number of hydrogen-bond donors (Lipinski definition) is 4. The molecule has 0 radical (unpaired) electrons. The molecule has 4 N–H and O–H groups in total. The molecule has 8 heteroatoms. The second-order valence-electron chi connectivity index (χ2n) is 4.27. The van der Waals surface area contributed by atoms with Crippen molar-refractivity contribution in [3.63, 3.8) is 0 Å². The molecule has 0 spiro atoms. The van der Waals surface area contributed by atoms with Crippen molar-refractivity contribution in [2.24, 2.45) is 0 Å². The van der Waals surface area contributed by atoms with Gasteiger partial charge in [0.15, 0.2) is 29.2 Å². The van der Waals surface area contributed by atoms with Gasteiger partial charge in [0.2, 0.25) is 11.2 Å². The number of aliphatic hydroxyl groups excluding tert-OH is 1. The van der Waals surface area contributed by atoms with Crippen LogP contribution in [0.2, 0.25) is 0 Å². The fraction of sp³-hybridized carbons (Fsp3) is 0.727. The van der Waals surface area contributed by atoms with Crippen LogP contribution in [0.4, 0.5) is 0 Å². The van der Waals surface area contributed by atoms with Gasteiger partial charge in [0.05, 0.1) is 6.61 Å². The van der Waals surface area contributed by atoms with Gasteiger partial charge in [-0.1, -0.05) is 0 Å². The molecule has 0 aromatic rings. The van der Waals surface area contributed by atoms with Crippen LogP contribution in [0.1, 0.15) is 24.8 Å². The molecule has 0 aromatic heterocycles. The summed E-state index contributed by atoms with van der Waals surface area (Å²) in [6.07, 6.45) is -2.51. The van der Waals surface area contributed by atoms with Crippen molar-refractivity contribution in [3.8, 4) is 0 Å². The van der Waals surface area contributed by atoms with Crippen LogP contribution in [0, 0.1) is 0 Å². The minimum absolute atomic E-state index is 1.13. The SMILES string of the molecule is [2H]CC(=O)[C@]1(O)[C@@](O)(C(=O)C[2H])COC(O)[C@@]1(O)C(=O)C[2H]. The van der Waals surface area contributed by atoms with Crippen LogP contribution in [0.15, 0.2) is 0 Å². The second kappa shape index (κ2) is 4.43. The highest BCUT2D eigenvalue weighted by Crippen LogP contribution is 2.42. The first-order valence-electron chi connectivity index (χ1n) is 7.14. The van der Waals surface area contributed by atoms with Gasteiger partial charge in [-0.3, -0.25) is 14.4 Å². The van der Waals surface area contributed by atoms with Crippen molar-refractivity contribution >= 4 is 17.3 Å². The molecule has 1 aliphatic rings. The van der Waals surface area contributed by atoms with Crippen LogP contribution in [-0.4, -0.2) is 67.5 Å². The van der Waals surface area contributed by atoms with Gasteiger partial charge in [-0.2, -0.15) is 0 Å². The maximum atomic E-state index is 12.0. The monoisotopic (exact) mass is 279 g/mol. The van der Waals surface area contributed by atoms with E-state index in [4.69, 9.17) is 4.11 Å². The number of carbonyl (C=O) groups excluding carboxylic acids is 3. The molecule has 8 nitrogen and oxygen atoms in total. The van der Waals surface area contributed by atoms with Crippen molar-refractivity contribution in [2.45, 2.75) is 43.8 Å². The first-order chi connectivity index (χ1) is 10.1. The summed E-state index contributed by atoms with van der Waals surface area (Å²) in [7, 11) is 0. The first-order valence-corrected chi connectivity index (χ1v) is 5.02. The average Bonchev–Trinajstić information content (AvgIpc) is 2.53. The van der Waals surface area contributed by atoms with Crippen LogP contribution >= 0.6 is 0 Å². The van der Waals surface area contributed by atoms with E-state index < -0.39 is 67.7 Å². The Morgan fingerprint density at radius 1 is 1.11 bits per heavy atom. The maximum Gasteiger partial charge on any atom is 0.213 e. The molecule has 0 amide bonds. The van der Waals surface area contributed by atoms with Crippen molar-refractivity contribution in [1.29, 1.82) is 0 Å². The molecule has 1 aliphatic heterocycles. The maximum absolute atomic E-state index is 12.0. The third kappa shape index (κ3) is 1.68. The molecule has 1 rings (SSSR count). The third-order valence-corrected chi connectivity index (χ3v) is 3.25. The van der Waals surface area contributed by atoms with E-state index in [-0.39, 0.29) is 0 Å². The number of ketones is 3. The van der Waals surface area contributed by atoms with Gasteiger partial charge in [-0.15, -0.1) is 0 Å². The highest BCUT2D eigenvalue weighted by atomic mass is 16.6. The Kier molecular flexibility index (Phi) is 2.71. The van der Waals surface area contributed by atoms with Crippen LogP contribution in [0.3, 0.4) is 0 Å². The normalized spacial score (nSPS) is 44.8. The van der Waals surface area contributed by atoms with Gasteiger partial charge in [-0.05, 0) is 20.7 Å². The zero-order valence-electron chi connectivity index (χ0n) is 12.8. The molecule has 0 aliphatic carbocycles. The Morgan fingerprint density at radius 3 is 2.11 bits per heavy atom. The minimum Gasteiger partial charge on any atom is -0.376 e. The average molecular weight is 279 g/mol. The molecular formula is C11H16O8. The van der Waals surface area contributed by atoms with Gasteiger partial charge < -0.3 is 25.2 Å². The van der Waals surface area contributed by atoms with Gasteiger partial charge >= 0.3 is 0 Å². The summed E-state index contributed by atoms with van der Waals surface area (Å²) < 4.78 is 25.5. The molecule has 1 unspecified atom stereocenters. The highest BCUT2D eigenvalue weighted by Gasteiger charge is 2.75. The van der Waals surface area contributed by atoms with Crippen molar-refractivity contribution in [3.05, 3.63) is 0 Å². The topological polar surface area (TPSA) is 141 Å². The van der Waals surface area contributed by atoms with Gasteiger partial charge in [0.1, 0.15) is 0 Å². The lowest BCUT2D eigenvalue weighted by atomic mass is 9.63. The zero-order chi connectivity index (χ0) is 17.3. The lowest BCUT2D eigenvalue weighted by Gasteiger charge is -2.53. The molecule has 0 aromatic carbocycles. The summed E-state index contributed by atoms with van der Waals surface area (Å²) in [5.41, 5.74) is -10.4. The fourth-order valence-electron chi connectivity index (χ4n) is 1.98. The molecule has 19 heavy (non-hydrogen) atoms. The van der Waals surface area contributed by atoms with E-state index in [0.29, 0.717) is 0 Å². The van der Waals surface area contributed by atoms with Crippen molar-refractivity contribution < 1.29 is 43.7 Å². The van der Waals surface area contributed by atoms with E-state index in [1.165, 1.54) is 0 Å². The predicted molar refractivity (Wildman–Crippen MR) is 58.9 cm³/mol. The summed E-state index contributed by atoms with van der Waals surface area (Å²) in [4.78, 5) is 35.6. The Morgan fingerprint density at radius 2 is 1.63 bits per heavy atom. The standard InChI is InChI=1S/C11H16O8/c1-5(12)9(16)4-19-8(15)10(17,6(2)13)11(9,18)7(3)14/h8,15-18H,4H2,1-3H3/t8?,9-,10-,11-/m0/s1/i1D,2D,3D. The van der Waals surface area contributed by atoms with Crippen molar-refractivity contribution in [1.82, 2.24) is 0 Å². The number of aliphatic hydroxyl groups is 4. The molecule has 1 heterocycles. The molecule has 1 saturated heterocycles. The lowest BCUT2D eigenvalue weighted by molar-refractivity contribution is -0.334. The number of rotatable bonds is 3. The number of Topliss-reactive ketones (excluding diaryl/α,β-unsaturated/α-hetero) is 3. The van der Waals surface area contributed by atoms with Crippen LogP contribution in [0.25, 0.3) is 0 Å². The molecule has 4 atom stereocenters. The molecular weight excluding hydrogens is 260 g/mol. The Bertz CT molecular complexity index is 500. The quantitative estimate of drug-likeness (QED) is 0.437. The smallest absolute Gasteiger partial charge is 0.213 e. The molecule has 108 valence electrons. The number of hydrogen-bond acceptors (Lipinski definition) is 8. The van der Waals surface area contributed by atoms with E-state index in [0.717, 1.165) is 0 Å². The Labute approximate surface area is 112 Å². The predicted octanol–water partition coefficient (Wildman–Crippen LogP) is -2.70. The largest absolute Gasteiger partial charge is 0.376 e. The van der Waals surface area contributed by atoms with E-state index >= 15 is 0 Å². The van der Waals surface area contributed by atoms with Gasteiger partial charge in [0, 0.05) is 4.11 Å². The van der Waals surface area contributed by atoms with E-state index in [1.54, 1.807) is 0 Å². The fourth-order valence-corrected chi connectivity index (χ4v) is 1.98. The first kappa shape index (κ1) is 11.6. The summed E-state index contributed by atoms with van der Waals surface area (Å²) in [6.45, 7) is -4.77. The summed E-state index contributed by atoms with van der Waals surface area (Å²) in [5.74, 6) is -4.69. The van der Waals surface area contributed by atoms with Gasteiger partial charge in [-0.25, -0.2) is 0 Å². The molecule has 1 fully saturated rings. The number of ether oxygens (including phenoxy) is 1. The van der Waals surface area contributed by atoms with E-state index in [1.807, 2.05) is 0 Å². The summed E-state index contributed by atoms with van der Waals surface area (Å²) in [5, 5.41) is 40.9. The minimum atomic E-state index is -3.62. The Hall–Kier alpha value is -1.19. The van der Waals surface area contributed by atoms with Crippen LogP contribution in [0.5, 0.6) is 0 Å². The van der Waals surface area contributed by atoms with Crippen molar-refractivity contribution in [2.75, 3.05) is 6.61 Å². The third-order valence-electron chi connectivity index (χ3n) is 3.25. The van der Waals surface area contributed by atoms with Gasteiger partial charge in [0.25, 0.3) is 0 Å². The highest BCUT2D eigenvalue weighted by molar-refractivity contribution is 6.04.